The Bertz CT molecular complexity index is 572. The van der Waals surface area contributed by atoms with Crippen LogP contribution in [0.1, 0.15) is 19.5 Å². The van der Waals surface area contributed by atoms with Gasteiger partial charge in [0.05, 0.1) is 10.7 Å². The van der Waals surface area contributed by atoms with E-state index in [0.29, 0.717) is 17.2 Å². The number of nitriles is 1. The standard InChI is InChI=1S/C12H11ClN4S/c1-7(2)10-6-18-11(16-10)8(5-14)9-3-4-15-12(13)17-9/h3-4,6-7,16H,1-2H3/b11-8-. The summed E-state index contributed by atoms with van der Waals surface area (Å²) >= 11 is 7.23. The number of thioether (sulfide) groups is 1. The summed E-state index contributed by atoms with van der Waals surface area (Å²) in [5.74, 6) is 0.393. The van der Waals surface area contributed by atoms with Crippen molar-refractivity contribution in [1.29, 1.82) is 5.26 Å². The molecule has 0 aromatic carbocycles. The molecule has 2 rings (SSSR count). The molecule has 0 saturated carbocycles. The summed E-state index contributed by atoms with van der Waals surface area (Å²) in [6.07, 6.45) is 1.54. The first-order chi connectivity index (χ1) is 8.61. The van der Waals surface area contributed by atoms with Crippen LogP contribution in [-0.4, -0.2) is 9.97 Å². The topological polar surface area (TPSA) is 61.6 Å². The number of aromatic nitrogens is 2. The van der Waals surface area contributed by atoms with Crippen LogP contribution >= 0.6 is 23.4 Å². The van der Waals surface area contributed by atoms with E-state index in [1.54, 1.807) is 12.3 Å². The van der Waals surface area contributed by atoms with Gasteiger partial charge < -0.3 is 5.32 Å². The lowest BCUT2D eigenvalue weighted by atomic mass is 10.1. The van der Waals surface area contributed by atoms with Crippen molar-refractivity contribution in [2.24, 2.45) is 5.92 Å². The van der Waals surface area contributed by atoms with Crippen LogP contribution in [0.5, 0.6) is 0 Å². The van der Waals surface area contributed by atoms with Crippen LogP contribution in [-0.2, 0) is 0 Å². The first kappa shape index (κ1) is 12.9. The number of halogens is 1. The number of rotatable bonds is 2. The third kappa shape index (κ3) is 2.66. The predicted molar refractivity (Wildman–Crippen MR) is 73.2 cm³/mol. The Morgan fingerprint density at radius 2 is 2.33 bits per heavy atom. The summed E-state index contributed by atoms with van der Waals surface area (Å²) in [6.45, 7) is 4.19. The third-order valence-electron chi connectivity index (χ3n) is 2.40. The maximum absolute atomic E-state index is 9.27. The zero-order chi connectivity index (χ0) is 13.1. The van der Waals surface area contributed by atoms with Crippen molar-refractivity contribution in [2.45, 2.75) is 13.8 Å². The van der Waals surface area contributed by atoms with Crippen molar-refractivity contribution in [3.05, 3.63) is 39.4 Å². The van der Waals surface area contributed by atoms with Crippen LogP contribution in [0.2, 0.25) is 5.28 Å². The summed E-state index contributed by atoms with van der Waals surface area (Å²) in [4.78, 5) is 7.86. The van der Waals surface area contributed by atoms with E-state index in [2.05, 4.69) is 35.2 Å². The second-order valence-corrected chi connectivity index (χ2v) is 5.22. The van der Waals surface area contributed by atoms with Gasteiger partial charge in [0.2, 0.25) is 5.28 Å². The highest BCUT2D eigenvalue weighted by atomic mass is 35.5. The highest BCUT2D eigenvalue weighted by Gasteiger charge is 2.18. The van der Waals surface area contributed by atoms with Gasteiger partial charge >= 0.3 is 0 Å². The minimum absolute atomic E-state index is 0.140. The smallest absolute Gasteiger partial charge is 0.222 e. The molecular formula is C12H11ClN4S. The van der Waals surface area contributed by atoms with Crippen molar-refractivity contribution in [3.63, 3.8) is 0 Å². The number of allylic oxidation sites excluding steroid dienone is 2. The van der Waals surface area contributed by atoms with Crippen LogP contribution in [0, 0.1) is 17.2 Å². The van der Waals surface area contributed by atoms with E-state index in [1.807, 2.05) is 5.41 Å². The molecule has 0 bridgehead atoms. The van der Waals surface area contributed by atoms with Gasteiger partial charge in [-0.1, -0.05) is 25.6 Å². The zero-order valence-corrected chi connectivity index (χ0v) is 11.5. The van der Waals surface area contributed by atoms with Gasteiger partial charge in [-0.05, 0) is 29.0 Å². The van der Waals surface area contributed by atoms with Crippen LogP contribution in [0.25, 0.3) is 5.57 Å². The van der Waals surface area contributed by atoms with Gasteiger partial charge in [0.1, 0.15) is 11.6 Å². The molecule has 0 amide bonds. The lowest BCUT2D eigenvalue weighted by molar-refractivity contribution is 0.719. The maximum atomic E-state index is 9.27. The number of nitrogens with zero attached hydrogens (tertiary/aromatic N) is 3. The van der Waals surface area contributed by atoms with Crippen LogP contribution < -0.4 is 5.32 Å². The molecule has 1 N–H and O–H groups in total. The molecule has 1 aliphatic rings. The molecule has 18 heavy (non-hydrogen) atoms. The van der Waals surface area contributed by atoms with E-state index in [9.17, 15) is 5.26 Å². The Morgan fingerprint density at radius 3 is 2.89 bits per heavy atom. The predicted octanol–water partition coefficient (Wildman–Crippen LogP) is 3.16. The molecule has 0 radical (unpaired) electrons. The minimum atomic E-state index is 0.140. The van der Waals surface area contributed by atoms with E-state index >= 15 is 0 Å². The summed E-state index contributed by atoms with van der Waals surface area (Å²) in [6, 6.07) is 3.83. The van der Waals surface area contributed by atoms with Crippen LogP contribution in [0.4, 0.5) is 0 Å². The first-order valence-corrected chi connectivity index (χ1v) is 6.64. The quantitative estimate of drug-likeness (QED) is 0.665. The highest BCUT2D eigenvalue weighted by Crippen LogP contribution is 2.33. The average molecular weight is 279 g/mol. The minimum Gasteiger partial charge on any atom is -0.352 e. The SMILES string of the molecule is CC(C)C1=CS/C(=C(/C#N)c2ccnc(Cl)n2)N1. The first-order valence-electron chi connectivity index (χ1n) is 5.39. The largest absolute Gasteiger partial charge is 0.352 e. The molecule has 2 heterocycles. The number of hydrogen-bond acceptors (Lipinski definition) is 5. The van der Waals surface area contributed by atoms with E-state index in [4.69, 9.17) is 11.6 Å². The van der Waals surface area contributed by atoms with Gasteiger partial charge in [0.15, 0.2) is 0 Å². The van der Waals surface area contributed by atoms with Gasteiger partial charge in [-0.3, -0.25) is 0 Å². The third-order valence-corrected chi connectivity index (χ3v) is 3.50. The van der Waals surface area contributed by atoms with Crippen molar-refractivity contribution in [3.8, 4) is 6.07 Å². The fourth-order valence-electron chi connectivity index (χ4n) is 1.41. The molecule has 1 aromatic heterocycles. The molecule has 1 aliphatic heterocycles. The molecule has 0 saturated heterocycles. The van der Waals surface area contributed by atoms with E-state index in [1.165, 1.54) is 11.8 Å². The Hall–Kier alpha value is -1.51. The molecule has 0 spiro atoms. The van der Waals surface area contributed by atoms with E-state index < -0.39 is 0 Å². The lowest BCUT2D eigenvalue weighted by Crippen LogP contribution is -2.11. The monoisotopic (exact) mass is 278 g/mol. The van der Waals surface area contributed by atoms with Crippen LogP contribution in [0.15, 0.2) is 28.4 Å². The Morgan fingerprint density at radius 1 is 1.56 bits per heavy atom. The van der Waals surface area contributed by atoms with E-state index in [0.717, 1.165) is 10.7 Å². The molecule has 1 aromatic rings. The number of nitrogens with one attached hydrogen (secondary N) is 1. The second kappa shape index (κ2) is 5.42. The van der Waals surface area contributed by atoms with Gasteiger partial charge in [-0.15, -0.1) is 0 Å². The fraction of sp³-hybridized carbons (Fsp3) is 0.250. The fourth-order valence-corrected chi connectivity index (χ4v) is 2.58. The Balaban J connectivity index is 2.34. The zero-order valence-electron chi connectivity index (χ0n) is 9.94. The van der Waals surface area contributed by atoms with Crippen molar-refractivity contribution >= 4 is 28.9 Å². The molecule has 0 fully saturated rings. The molecule has 0 atom stereocenters. The van der Waals surface area contributed by atoms with Gasteiger partial charge in [-0.2, -0.15) is 5.26 Å². The lowest BCUT2D eigenvalue weighted by Gasteiger charge is -2.09. The maximum Gasteiger partial charge on any atom is 0.222 e. The molecule has 6 heteroatoms. The molecule has 92 valence electrons. The van der Waals surface area contributed by atoms with Crippen molar-refractivity contribution < 1.29 is 0 Å². The summed E-state index contributed by atoms with van der Waals surface area (Å²) in [5, 5.41) is 15.4. The van der Waals surface area contributed by atoms with Crippen molar-refractivity contribution in [2.75, 3.05) is 0 Å². The van der Waals surface area contributed by atoms with Gasteiger partial charge in [-0.25, -0.2) is 9.97 Å². The molecule has 0 aliphatic carbocycles. The molecule has 0 unspecified atom stereocenters. The summed E-state index contributed by atoms with van der Waals surface area (Å²) < 4.78 is 0. The van der Waals surface area contributed by atoms with Gasteiger partial charge in [0, 0.05) is 11.9 Å². The Labute approximate surface area is 115 Å². The average Bonchev–Trinajstić information content (AvgIpc) is 2.80. The summed E-state index contributed by atoms with van der Waals surface area (Å²) in [5.41, 5.74) is 2.12. The molecular weight excluding hydrogens is 268 g/mol. The van der Waals surface area contributed by atoms with Gasteiger partial charge in [0.25, 0.3) is 0 Å². The van der Waals surface area contributed by atoms with Crippen LogP contribution in [0.3, 0.4) is 0 Å². The molecule has 4 nitrogen and oxygen atoms in total. The Kier molecular flexibility index (Phi) is 3.90. The van der Waals surface area contributed by atoms with E-state index in [-0.39, 0.29) is 5.28 Å². The second-order valence-electron chi connectivity index (χ2n) is 4.00. The van der Waals surface area contributed by atoms with Crippen molar-refractivity contribution in [1.82, 2.24) is 15.3 Å². The number of hydrogen-bond donors (Lipinski definition) is 1. The highest BCUT2D eigenvalue weighted by molar-refractivity contribution is 8.06. The normalized spacial score (nSPS) is 17.2. The summed E-state index contributed by atoms with van der Waals surface area (Å²) in [7, 11) is 0.